The summed E-state index contributed by atoms with van der Waals surface area (Å²) in [5.74, 6) is 0.954. The van der Waals surface area contributed by atoms with Crippen LogP contribution >= 0.6 is 0 Å². The van der Waals surface area contributed by atoms with Crippen molar-refractivity contribution in [2.75, 3.05) is 36.4 Å². The second-order valence-electron chi connectivity index (χ2n) is 9.10. The largest absolute Gasteiger partial charge is 0.459 e. The molecule has 0 saturated carbocycles. The smallest absolute Gasteiger partial charge is 0.410 e. The Morgan fingerprint density at radius 3 is 2.36 bits per heavy atom. The molecule has 0 atom stereocenters. The van der Waals surface area contributed by atoms with Gasteiger partial charge in [0.1, 0.15) is 22.9 Å². The van der Waals surface area contributed by atoms with Crippen LogP contribution in [0.4, 0.5) is 20.6 Å². The molecule has 1 aromatic heterocycles. The van der Waals surface area contributed by atoms with Crippen LogP contribution in [0.5, 0.6) is 0 Å². The van der Waals surface area contributed by atoms with Crippen molar-refractivity contribution in [1.29, 1.82) is 0 Å². The quantitative estimate of drug-likeness (QED) is 0.535. The van der Waals surface area contributed by atoms with Gasteiger partial charge in [-0.1, -0.05) is 12.1 Å². The molecule has 1 amide bonds. The Morgan fingerprint density at radius 1 is 1.00 bits per heavy atom. The minimum absolute atomic E-state index is 0.252. The van der Waals surface area contributed by atoms with E-state index in [0.29, 0.717) is 31.0 Å². The van der Waals surface area contributed by atoms with Gasteiger partial charge in [-0.05, 0) is 69.3 Å². The molecule has 1 aliphatic rings. The van der Waals surface area contributed by atoms with E-state index < -0.39 is 5.60 Å². The van der Waals surface area contributed by atoms with E-state index in [1.807, 2.05) is 39.0 Å². The number of anilines is 2. The number of rotatable bonds is 5. The van der Waals surface area contributed by atoms with Crippen molar-refractivity contribution in [3.05, 3.63) is 72.2 Å². The summed E-state index contributed by atoms with van der Waals surface area (Å²) in [4.78, 5) is 16.3. The lowest BCUT2D eigenvalue weighted by Crippen LogP contribution is -2.50. The molecule has 0 bridgehead atoms. The summed E-state index contributed by atoms with van der Waals surface area (Å²) in [7, 11) is 0. The Morgan fingerprint density at radius 2 is 1.70 bits per heavy atom. The average Bonchev–Trinajstić information content (AvgIpc) is 3.26. The Kier molecular flexibility index (Phi) is 6.58. The third-order valence-corrected chi connectivity index (χ3v) is 5.43. The van der Waals surface area contributed by atoms with Crippen LogP contribution in [0.15, 0.2) is 65.1 Å². The molecule has 3 aromatic rings. The van der Waals surface area contributed by atoms with Crippen molar-refractivity contribution in [2.24, 2.45) is 0 Å². The Balaban J connectivity index is 1.28. The molecule has 1 aliphatic heterocycles. The van der Waals surface area contributed by atoms with Crippen molar-refractivity contribution in [3.8, 4) is 11.3 Å². The molecule has 0 spiro atoms. The third kappa shape index (κ3) is 5.86. The maximum absolute atomic E-state index is 13.9. The zero-order valence-electron chi connectivity index (χ0n) is 19.3. The topological polar surface area (TPSA) is 58.0 Å². The molecule has 0 unspecified atom stereocenters. The Hall–Kier alpha value is -3.48. The zero-order chi connectivity index (χ0) is 23.4. The number of ether oxygens (including phenoxy) is 1. The zero-order valence-corrected chi connectivity index (χ0v) is 19.3. The molecule has 4 rings (SSSR count). The first-order valence-corrected chi connectivity index (χ1v) is 11.2. The van der Waals surface area contributed by atoms with Crippen LogP contribution in [0.25, 0.3) is 11.3 Å². The van der Waals surface area contributed by atoms with Gasteiger partial charge < -0.3 is 24.3 Å². The Labute approximate surface area is 193 Å². The van der Waals surface area contributed by atoms with Gasteiger partial charge >= 0.3 is 6.09 Å². The normalized spacial score (nSPS) is 14.3. The van der Waals surface area contributed by atoms with E-state index in [1.54, 1.807) is 29.2 Å². The average molecular weight is 452 g/mol. The first kappa shape index (κ1) is 22.7. The molecular weight excluding hydrogens is 421 g/mol. The van der Waals surface area contributed by atoms with Gasteiger partial charge in [0.15, 0.2) is 0 Å². The molecule has 1 fully saturated rings. The van der Waals surface area contributed by atoms with Gasteiger partial charge in [0, 0.05) is 37.6 Å². The standard InChI is InChI=1S/C26H30FN3O3/c1-26(2,3)33-25(31)30-16-14-29(15-17-30)20-10-8-19(9-11-20)28-18-21-12-13-24(32-21)22-6-4-5-7-23(22)27/h4-13,28H,14-18H2,1-3H3. The Bertz CT molecular complexity index is 1080. The number of amides is 1. The van der Waals surface area contributed by atoms with Crippen LogP contribution in [0.3, 0.4) is 0 Å². The summed E-state index contributed by atoms with van der Waals surface area (Å²) in [5, 5.41) is 3.34. The number of piperazine rings is 1. The molecule has 174 valence electrons. The summed E-state index contributed by atoms with van der Waals surface area (Å²) in [6.45, 7) is 8.94. The second-order valence-corrected chi connectivity index (χ2v) is 9.10. The molecule has 33 heavy (non-hydrogen) atoms. The maximum atomic E-state index is 13.9. The summed E-state index contributed by atoms with van der Waals surface area (Å²) < 4.78 is 25.2. The molecule has 1 N–H and O–H groups in total. The summed E-state index contributed by atoms with van der Waals surface area (Å²) in [6.07, 6.45) is -0.252. The van der Waals surface area contributed by atoms with E-state index in [4.69, 9.17) is 9.15 Å². The van der Waals surface area contributed by atoms with Crippen LogP contribution < -0.4 is 10.2 Å². The van der Waals surface area contributed by atoms with E-state index in [-0.39, 0.29) is 11.9 Å². The van der Waals surface area contributed by atoms with Gasteiger partial charge in [-0.25, -0.2) is 9.18 Å². The number of carbonyl (C=O) groups excluding carboxylic acids is 1. The van der Waals surface area contributed by atoms with Crippen molar-refractivity contribution in [3.63, 3.8) is 0 Å². The molecule has 0 aliphatic carbocycles. The predicted molar refractivity (Wildman–Crippen MR) is 128 cm³/mol. The van der Waals surface area contributed by atoms with Gasteiger partial charge in [0.25, 0.3) is 0 Å². The van der Waals surface area contributed by atoms with Gasteiger partial charge in [0.2, 0.25) is 0 Å². The van der Waals surface area contributed by atoms with Gasteiger partial charge in [-0.15, -0.1) is 0 Å². The van der Waals surface area contributed by atoms with Crippen molar-refractivity contribution in [2.45, 2.75) is 32.9 Å². The van der Waals surface area contributed by atoms with E-state index >= 15 is 0 Å². The van der Waals surface area contributed by atoms with Crippen molar-refractivity contribution >= 4 is 17.5 Å². The molecule has 7 heteroatoms. The molecule has 1 saturated heterocycles. The first-order chi connectivity index (χ1) is 15.8. The molecule has 2 heterocycles. The lowest BCUT2D eigenvalue weighted by molar-refractivity contribution is 0.0240. The number of benzene rings is 2. The summed E-state index contributed by atoms with van der Waals surface area (Å²) >= 11 is 0. The number of hydrogen-bond acceptors (Lipinski definition) is 5. The number of nitrogens with zero attached hydrogens (tertiary/aromatic N) is 2. The van der Waals surface area contributed by atoms with Gasteiger partial charge in [-0.2, -0.15) is 0 Å². The highest BCUT2D eigenvalue weighted by atomic mass is 19.1. The van der Waals surface area contributed by atoms with Crippen LogP contribution in [0.1, 0.15) is 26.5 Å². The number of carbonyl (C=O) groups is 1. The molecular formula is C26H30FN3O3. The molecule has 6 nitrogen and oxygen atoms in total. The highest BCUT2D eigenvalue weighted by Crippen LogP contribution is 2.26. The summed E-state index contributed by atoms with van der Waals surface area (Å²) in [5.41, 5.74) is 2.06. The van der Waals surface area contributed by atoms with E-state index in [9.17, 15) is 9.18 Å². The first-order valence-electron chi connectivity index (χ1n) is 11.2. The van der Waals surface area contributed by atoms with Crippen LogP contribution in [0.2, 0.25) is 0 Å². The number of nitrogens with one attached hydrogen (secondary N) is 1. The van der Waals surface area contributed by atoms with Crippen LogP contribution in [-0.2, 0) is 11.3 Å². The second kappa shape index (κ2) is 9.57. The fraction of sp³-hybridized carbons (Fsp3) is 0.346. The fourth-order valence-corrected chi connectivity index (χ4v) is 3.73. The monoisotopic (exact) mass is 451 g/mol. The SMILES string of the molecule is CC(C)(C)OC(=O)N1CCN(c2ccc(NCc3ccc(-c4ccccc4F)o3)cc2)CC1. The maximum Gasteiger partial charge on any atom is 0.410 e. The number of furan rings is 1. The lowest BCUT2D eigenvalue weighted by Gasteiger charge is -2.36. The minimum Gasteiger partial charge on any atom is -0.459 e. The number of hydrogen-bond donors (Lipinski definition) is 1. The lowest BCUT2D eigenvalue weighted by atomic mass is 10.1. The van der Waals surface area contributed by atoms with Gasteiger partial charge in [0.05, 0.1) is 12.1 Å². The fourth-order valence-electron chi connectivity index (χ4n) is 3.73. The molecule has 0 radical (unpaired) electrons. The highest BCUT2D eigenvalue weighted by Gasteiger charge is 2.25. The summed E-state index contributed by atoms with van der Waals surface area (Å²) in [6, 6.07) is 18.4. The minimum atomic E-state index is -0.480. The van der Waals surface area contributed by atoms with Crippen molar-refractivity contribution < 1.29 is 18.3 Å². The molecule has 2 aromatic carbocycles. The third-order valence-electron chi connectivity index (χ3n) is 5.43. The number of halogens is 1. The van der Waals surface area contributed by atoms with Crippen LogP contribution in [0, 0.1) is 5.82 Å². The van der Waals surface area contributed by atoms with Crippen molar-refractivity contribution in [1.82, 2.24) is 4.90 Å². The van der Waals surface area contributed by atoms with Crippen LogP contribution in [-0.4, -0.2) is 42.8 Å². The highest BCUT2D eigenvalue weighted by molar-refractivity contribution is 5.68. The van der Waals surface area contributed by atoms with E-state index in [2.05, 4.69) is 22.3 Å². The van der Waals surface area contributed by atoms with E-state index in [0.717, 1.165) is 30.2 Å². The predicted octanol–water partition coefficient (Wildman–Crippen LogP) is 5.75. The van der Waals surface area contributed by atoms with Gasteiger partial charge in [-0.3, -0.25) is 0 Å². The van der Waals surface area contributed by atoms with E-state index in [1.165, 1.54) is 6.07 Å².